The van der Waals surface area contributed by atoms with Crippen molar-refractivity contribution in [3.8, 4) is 0 Å². The van der Waals surface area contributed by atoms with Crippen LogP contribution in [0.25, 0.3) is 0 Å². The summed E-state index contributed by atoms with van der Waals surface area (Å²) in [6.45, 7) is 2.17. The molecular weight excluding hydrogens is 464 g/mol. The summed E-state index contributed by atoms with van der Waals surface area (Å²) in [5, 5.41) is 7.09. The summed E-state index contributed by atoms with van der Waals surface area (Å²) in [6, 6.07) is 4.93. The third kappa shape index (κ3) is 5.23. The van der Waals surface area contributed by atoms with Crippen molar-refractivity contribution >= 4 is 5.91 Å². The Kier molecular flexibility index (Phi) is 6.61. The Bertz CT molecular complexity index is 1020. The molecule has 1 aliphatic carbocycles. The first kappa shape index (κ1) is 24.2. The number of amides is 1. The molecule has 1 N–H and O–H groups in total. The van der Waals surface area contributed by atoms with E-state index in [1.807, 2.05) is 16.9 Å². The normalized spacial score (nSPS) is 26.6. The summed E-state index contributed by atoms with van der Waals surface area (Å²) in [4.78, 5) is 15.7. The topological polar surface area (TPSA) is 59.4 Å². The second kappa shape index (κ2) is 9.54. The van der Waals surface area contributed by atoms with E-state index in [-0.39, 0.29) is 30.0 Å². The van der Waals surface area contributed by atoms with Crippen molar-refractivity contribution < 1.29 is 27.1 Å². The molecule has 5 rings (SSSR count). The van der Waals surface area contributed by atoms with E-state index in [0.717, 1.165) is 57.3 Å². The molecule has 0 radical (unpaired) electrons. The van der Waals surface area contributed by atoms with Crippen molar-refractivity contribution in [2.45, 2.75) is 68.9 Å². The number of hydrogen-bond donors (Lipinski definition) is 1. The largest absolute Gasteiger partial charge is 0.416 e. The SMILES string of the molecule is O=C(NCc1cc(F)cc(C(F)(F)F)c1)[C@@]1(C2CC2)CC[C@@H](N2CCC(n3cccn3)CC2)CO1. The number of carbonyl (C=O) groups excluding carboxylic acids is 1. The average molecular weight is 495 g/mol. The first-order valence-electron chi connectivity index (χ1n) is 12.3. The van der Waals surface area contributed by atoms with Crippen LogP contribution in [0, 0.1) is 11.7 Å². The van der Waals surface area contributed by atoms with Gasteiger partial charge in [0.15, 0.2) is 0 Å². The summed E-state index contributed by atoms with van der Waals surface area (Å²) >= 11 is 0. The summed E-state index contributed by atoms with van der Waals surface area (Å²) in [5.41, 5.74) is -1.94. The molecule has 1 aromatic heterocycles. The van der Waals surface area contributed by atoms with E-state index < -0.39 is 23.2 Å². The highest BCUT2D eigenvalue weighted by molar-refractivity contribution is 5.86. The number of carbonyl (C=O) groups is 1. The van der Waals surface area contributed by atoms with Gasteiger partial charge in [0.1, 0.15) is 11.4 Å². The zero-order valence-corrected chi connectivity index (χ0v) is 19.4. The molecule has 35 heavy (non-hydrogen) atoms. The van der Waals surface area contributed by atoms with Gasteiger partial charge in [0, 0.05) is 38.1 Å². The first-order valence-corrected chi connectivity index (χ1v) is 12.3. The molecule has 1 saturated carbocycles. The van der Waals surface area contributed by atoms with Gasteiger partial charge in [-0.3, -0.25) is 14.4 Å². The molecule has 0 unspecified atom stereocenters. The molecule has 190 valence electrons. The van der Waals surface area contributed by atoms with Crippen LogP contribution in [-0.2, 0) is 22.3 Å². The van der Waals surface area contributed by atoms with Gasteiger partial charge < -0.3 is 10.1 Å². The van der Waals surface area contributed by atoms with Crippen molar-refractivity contribution in [2.75, 3.05) is 19.7 Å². The van der Waals surface area contributed by atoms with Gasteiger partial charge in [0.05, 0.1) is 18.2 Å². The van der Waals surface area contributed by atoms with Gasteiger partial charge in [-0.2, -0.15) is 18.3 Å². The minimum absolute atomic E-state index is 0.0744. The fourth-order valence-electron chi connectivity index (χ4n) is 5.57. The number of halogens is 4. The number of piperidine rings is 1. The monoisotopic (exact) mass is 494 g/mol. The summed E-state index contributed by atoms with van der Waals surface area (Å²) in [5.74, 6) is -1.17. The fraction of sp³-hybridized carbons (Fsp3) is 0.600. The number of likely N-dealkylation sites (tertiary alicyclic amines) is 1. The Morgan fingerprint density at radius 1 is 1.11 bits per heavy atom. The number of benzene rings is 1. The minimum atomic E-state index is -4.65. The number of nitrogens with zero attached hydrogens (tertiary/aromatic N) is 3. The molecule has 1 amide bonds. The maximum absolute atomic E-state index is 13.7. The van der Waals surface area contributed by atoms with E-state index in [4.69, 9.17) is 4.74 Å². The van der Waals surface area contributed by atoms with Crippen molar-refractivity contribution in [1.29, 1.82) is 0 Å². The summed E-state index contributed by atoms with van der Waals surface area (Å²) < 4.78 is 61.1. The predicted octanol–water partition coefficient (Wildman–Crippen LogP) is 4.32. The highest BCUT2D eigenvalue weighted by Crippen LogP contribution is 2.47. The van der Waals surface area contributed by atoms with Crippen LogP contribution in [-0.4, -0.2) is 51.9 Å². The van der Waals surface area contributed by atoms with Gasteiger partial charge in [-0.15, -0.1) is 0 Å². The molecule has 2 aromatic rings. The lowest BCUT2D eigenvalue weighted by Gasteiger charge is -2.44. The summed E-state index contributed by atoms with van der Waals surface area (Å²) in [6.07, 6.45) is 4.37. The highest BCUT2D eigenvalue weighted by atomic mass is 19.4. The number of hydrogen-bond acceptors (Lipinski definition) is 4. The molecular formula is C25H30F4N4O2. The Labute approximate surface area is 201 Å². The van der Waals surface area contributed by atoms with Gasteiger partial charge in [-0.05, 0) is 74.3 Å². The van der Waals surface area contributed by atoms with E-state index in [9.17, 15) is 22.4 Å². The van der Waals surface area contributed by atoms with E-state index >= 15 is 0 Å². The van der Waals surface area contributed by atoms with E-state index in [0.29, 0.717) is 25.1 Å². The van der Waals surface area contributed by atoms with E-state index in [1.54, 1.807) is 6.20 Å². The molecule has 10 heteroatoms. The number of alkyl halides is 3. The van der Waals surface area contributed by atoms with Crippen LogP contribution in [0.5, 0.6) is 0 Å². The fourth-order valence-corrected chi connectivity index (χ4v) is 5.57. The third-order valence-electron chi connectivity index (χ3n) is 7.66. The lowest BCUT2D eigenvalue weighted by atomic mass is 9.85. The average Bonchev–Trinajstić information content (AvgIpc) is 3.56. The van der Waals surface area contributed by atoms with Crippen LogP contribution in [0.4, 0.5) is 17.6 Å². The van der Waals surface area contributed by atoms with Gasteiger partial charge in [-0.25, -0.2) is 4.39 Å². The maximum Gasteiger partial charge on any atom is 0.416 e. The number of nitrogens with one attached hydrogen (secondary N) is 1. The van der Waals surface area contributed by atoms with Crippen LogP contribution < -0.4 is 5.32 Å². The van der Waals surface area contributed by atoms with Crippen molar-refractivity contribution in [1.82, 2.24) is 20.0 Å². The zero-order chi connectivity index (χ0) is 24.6. The molecule has 0 spiro atoms. The van der Waals surface area contributed by atoms with Gasteiger partial charge in [0.2, 0.25) is 0 Å². The zero-order valence-electron chi connectivity index (χ0n) is 19.4. The molecule has 2 saturated heterocycles. The Hall–Kier alpha value is -2.46. The van der Waals surface area contributed by atoms with Crippen molar-refractivity contribution in [3.05, 3.63) is 53.6 Å². The van der Waals surface area contributed by atoms with E-state index in [1.165, 1.54) is 0 Å². The van der Waals surface area contributed by atoms with Gasteiger partial charge in [-0.1, -0.05) is 0 Å². The number of aromatic nitrogens is 2. The van der Waals surface area contributed by atoms with Gasteiger partial charge >= 0.3 is 6.18 Å². The van der Waals surface area contributed by atoms with E-state index in [2.05, 4.69) is 15.3 Å². The molecule has 3 aliphatic rings. The Morgan fingerprint density at radius 3 is 2.49 bits per heavy atom. The molecule has 2 atom stereocenters. The predicted molar refractivity (Wildman–Crippen MR) is 120 cm³/mol. The smallest absolute Gasteiger partial charge is 0.363 e. The molecule has 0 bridgehead atoms. The second-order valence-electron chi connectivity index (χ2n) is 9.95. The molecule has 3 fully saturated rings. The third-order valence-corrected chi connectivity index (χ3v) is 7.66. The lowest BCUT2D eigenvalue weighted by Crippen LogP contribution is -2.57. The first-order chi connectivity index (χ1) is 16.7. The second-order valence-corrected chi connectivity index (χ2v) is 9.95. The standard InChI is InChI=1S/C25H30F4N4O2/c26-20-13-17(12-19(14-20)25(27,28)29)15-30-23(34)24(18-2-3-18)7-4-22(16-35-24)32-10-5-21(6-11-32)33-9-1-8-31-33/h1,8-9,12-14,18,21-22H,2-7,10-11,15-16H2,(H,30,34)/t22-,24+/m1/s1. The number of rotatable bonds is 6. The molecule has 6 nitrogen and oxygen atoms in total. The molecule has 2 aliphatic heterocycles. The Balaban J connectivity index is 1.18. The van der Waals surface area contributed by atoms with Crippen molar-refractivity contribution in [3.63, 3.8) is 0 Å². The molecule has 1 aromatic carbocycles. The van der Waals surface area contributed by atoms with Crippen LogP contribution in [0.1, 0.15) is 55.7 Å². The molecule has 3 heterocycles. The van der Waals surface area contributed by atoms with Crippen LogP contribution in [0.2, 0.25) is 0 Å². The van der Waals surface area contributed by atoms with Crippen LogP contribution in [0.15, 0.2) is 36.7 Å². The quantitative estimate of drug-likeness (QED) is 0.608. The number of ether oxygens (including phenoxy) is 1. The lowest BCUT2D eigenvalue weighted by molar-refractivity contribution is -0.165. The van der Waals surface area contributed by atoms with Crippen LogP contribution >= 0.6 is 0 Å². The minimum Gasteiger partial charge on any atom is -0.363 e. The highest BCUT2D eigenvalue weighted by Gasteiger charge is 2.54. The van der Waals surface area contributed by atoms with Gasteiger partial charge in [0.25, 0.3) is 5.91 Å². The maximum atomic E-state index is 13.7. The van der Waals surface area contributed by atoms with Crippen LogP contribution in [0.3, 0.4) is 0 Å². The Morgan fingerprint density at radius 2 is 1.89 bits per heavy atom. The summed E-state index contributed by atoms with van der Waals surface area (Å²) in [7, 11) is 0. The van der Waals surface area contributed by atoms with Crippen molar-refractivity contribution in [2.24, 2.45) is 5.92 Å².